The number of carboxylic acids is 1. The van der Waals surface area contributed by atoms with E-state index in [0.717, 1.165) is 66.6 Å². The van der Waals surface area contributed by atoms with Gasteiger partial charge in [0.15, 0.2) is 0 Å². The van der Waals surface area contributed by atoms with Gasteiger partial charge in [-0.25, -0.2) is 4.98 Å². The van der Waals surface area contributed by atoms with E-state index in [1.54, 1.807) is 4.90 Å². The number of benzene rings is 1. The summed E-state index contributed by atoms with van der Waals surface area (Å²) in [5.41, 5.74) is 4.42. The fraction of sp³-hybridized carbons (Fsp3) is 0.483. The van der Waals surface area contributed by atoms with Crippen LogP contribution in [0.5, 0.6) is 0 Å². The Labute approximate surface area is 222 Å². The molecule has 1 unspecified atom stereocenters. The van der Waals surface area contributed by atoms with E-state index in [-0.39, 0.29) is 24.8 Å². The highest BCUT2D eigenvalue weighted by Gasteiger charge is 2.33. The Bertz CT molecular complexity index is 1270. The van der Waals surface area contributed by atoms with Crippen molar-refractivity contribution in [1.82, 2.24) is 20.2 Å². The van der Waals surface area contributed by atoms with Crippen LogP contribution in [-0.4, -0.2) is 68.9 Å². The van der Waals surface area contributed by atoms with E-state index >= 15 is 0 Å². The van der Waals surface area contributed by atoms with Gasteiger partial charge in [-0.2, -0.15) is 0 Å². The van der Waals surface area contributed by atoms with E-state index in [4.69, 9.17) is 4.98 Å². The normalized spacial score (nSPS) is 18.8. The summed E-state index contributed by atoms with van der Waals surface area (Å²) in [6.45, 7) is 1.70. The van der Waals surface area contributed by atoms with E-state index < -0.39 is 18.2 Å². The fourth-order valence-corrected chi connectivity index (χ4v) is 5.74. The van der Waals surface area contributed by atoms with Crippen LogP contribution in [0.15, 0.2) is 42.6 Å². The van der Waals surface area contributed by atoms with Gasteiger partial charge in [0.05, 0.1) is 13.0 Å². The number of rotatable bonds is 12. The van der Waals surface area contributed by atoms with Crippen molar-refractivity contribution < 1.29 is 19.8 Å². The summed E-state index contributed by atoms with van der Waals surface area (Å²) in [5.74, 6) is 0.0278. The molecule has 2 aliphatic rings. The van der Waals surface area contributed by atoms with Crippen LogP contribution in [-0.2, 0) is 28.9 Å². The summed E-state index contributed by atoms with van der Waals surface area (Å²) >= 11 is 0. The average Bonchev–Trinajstić information content (AvgIpc) is 3.48. The van der Waals surface area contributed by atoms with E-state index in [1.165, 1.54) is 5.56 Å². The molecule has 0 spiro atoms. The largest absolute Gasteiger partial charge is 0.481 e. The monoisotopic (exact) mass is 519 g/mol. The molecule has 0 aliphatic carbocycles. The lowest BCUT2D eigenvalue weighted by Crippen LogP contribution is -2.47. The first-order valence-corrected chi connectivity index (χ1v) is 13.7. The van der Waals surface area contributed by atoms with Crippen molar-refractivity contribution in [3.63, 3.8) is 0 Å². The van der Waals surface area contributed by atoms with E-state index in [2.05, 4.69) is 27.8 Å². The molecule has 38 heavy (non-hydrogen) atoms. The first-order chi connectivity index (χ1) is 18.5. The van der Waals surface area contributed by atoms with Gasteiger partial charge in [0.2, 0.25) is 5.91 Å². The molecule has 2 aliphatic heterocycles. The van der Waals surface area contributed by atoms with Crippen LogP contribution in [0.1, 0.15) is 48.9 Å². The quantitative estimate of drug-likeness (QED) is 0.233. The molecular formula is C29H37N5O4. The lowest BCUT2D eigenvalue weighted by atomic mass is 9.99. The highest BCUT2D eigenvalue weighted by Crippen LogP contribution is 2.25. The van der Waals surface area contributed by atoms with Crippen LogP contribution in [0.2, 0.25) is 0 Å². The third kappa shape index (κ3) is 6.34. The Hall–Kier alpha value is -3.43. The standard InChI is InChI=1S/C29H37N5O4/c35-26(32-23(16-27(36)37)12-9-21-17-31-25-6-2-1-5-24(21)25)18-34-15-13-20(29(34)38)8-11-22-10-7-19-4-3-14-30-28(19)33-22/h1-2,5-7,10,17,20,23,26,31-32,35H,3-4,8-9,11-16,18H2,(H,30,33)(H,36,37)/t20-,23-,26?/m1/s1. The second-order valence-electron chi connectivity index (χ2n) is 10.5. The topological polar surface area (TPSA) is 131 Å². The van der Waals surface area contributed by atoms with Gasteiger partial charge in [0.1, 0.15) is 12.0 Å². The predicted molar refractivity (Wildman–Crippen MR) is 146 cm³/mol. The number of aromatic nitrogens is 2. The Kier molecular flexibility index (Phi) is 8.24. The van der Waals surface area contributed by atoms with E-state index in [0.29, 0.717) is 19.4 Å². The second kappa shape index (κ2) is 12.0. The van der Waals surface area contributed by atoms with Gasteiger partial charge in [0, 0.05) is 47.8 Å². The van der Waals surface area contributed by atoms with Gasteiger partial charge in [-0.15, -0.1) is 0 Å². The average molecular weight is 520 g/mol. The zero-order valence-corrected chi connectivity index (χ0v) is 21.7. The third-order valence-corrected chi connectivity index (χ3v) is 7.79. The number of hydrogen-bond acceptors (Lipinski definition) is 6. The molecule has 202 valence electrons. The number of carbonyl (C=O) groups is 2. The van der Waals surface area contributed by atoms with Crippen LogP contribution in [0, 0.1) is 5.92 Å². The summed E-state index contributed by atoms with van der Waals surface area (Å²) in [6.07, 6.45) is 6.53. The molecule has 9 nitrogen and oxygen atoms in total. The molecule has 0 bridgehead atoms. The molecule has 0 radical (unpaired) electrons. The number of pyridine rings is 1. The number of carbonyl (C=O) groups excluding carboxylic acids is 1. The predicted octanol–water partition coefficient (Wildman–Crippen LogP) is 3.09. The zero-order chi connectivity index (χ0) is 26.5. The summed E-state index contributed by atoms with van der Waals surface area (Å²) in [7, 11) is 0. The maximum Gasteiger partial charge on any atom is 0.304 e. The third-order valence-electron chi connectivity index (χ3n) is 7.79. The van der Waals surface area contributed by atoms with E-state index in [1.807, 2.05) is 30.5 Å². The summed E-state index contributed by atoms with van der Waals surface area (Å²) in [6, 6.07) is 11.8. The number of para-hydroxylation sites is 1. The number of β-amino-alcohol motifs (C(OH)–C–C–N with tert-alkyl or cyclic N) is 1. The van der Waals surface area contributed by atoms with E-state index in [9.17, 15) is 19.8 Å². The molecule has 9 heteroatoms. The fourth-order valence-electron chi connectivity index (χ4n) is 5.74. The van der Waals surface area contributed by atoms with Crippen LogP contribution < -0.4 is 10.6 Å². The number of nitrogens with one attached hydrogen (secondary N) is 3. The number of carboxylic acid groups (broad SMARTS) is 1. The molecule has 1 amide bonds. The maximum atomic E-state index is 13.0. The summed E-state index contributed by atoms with van der Waals surface area (Å²) < 4.78 is 0. The molecule has 1 saturated heterocycles. The lowest BCUT2D eigenvalue weighted by Gasteiger charge is -2.25. The first kappa shape index (κ1) is 26.2. The number of nitrogens with zero attached hydrogens (tertiary/aromatic N) is 2. The Balaban J connectivity index is 1.11. The summed E-state index contributed by atoms with van der Waals surface area (Å²) in [4.78, 5) is 34.2. The minimum absolute atomic E-state index is 0.0514. The number of anilines is 1. The lowest BCUT2D eigenvalue weighted by molar-refractivity contribution is -0.138. The van der Waals surface area contributed by atoms with Crippen molar-refractivity contribution in [2.75, 3.05) is 25.0 Å². The zero-order valence-electron chi connectivity index (χ0n) is 21.7. The summed E-state index contributed by atoms with van der Waals surface area (Å²) in [5, 5.41) is 27.7. The van der Waals surface area contributed by atoms with Crippen LogP contribution >= 0.6 is 0 Å². The highest BCUT2D eigenvalue weighted by molar-refractivity contribution is 5.83. The van der Waals surface area contributed by atoms with Crippen molar-refractivity contribution in [1.29, 1.82) is 0 Å². The number of H-pyrrole nitrogens is 1. The maximum absolute atomic E-state index is 13.0. The number of likely N-dealkylation sites (tertiary alicyclic amines) is 1. The minimum atomic E-state index is -0.988. The van der Waals surface area contributed by atoms with Crippen molar-refractivity contribution >= 4 is 28.6 Å². The molecular weight excluding hydrogens is 482 g/mol. The first-order valence-electron chi connectivity index (χ1n) is 13.7. The number of aliphatic hydroxyl groups excluding tert-OH is 1. The number of hydrogen-bond donors (Lipinski definition) is 5. The molecule has 5 rings (SSSR count). The van der Waals surface area contributed by atoms with Gasteiger partial charge < -0.3 is 25.4 Å². The molecule has 0 saturated carbocycles. The molecule has 3 atom stereocenters. The van der Waals surface area contributed by atoms with Crippen molar-refractivity contribution in [2.45, 2.75) is 63.6 Å². The number of aryl methyl sites for hydroxylation is 3. The number of fused-ring (bicyclic) bond motifs is 2. The van der Waals surface area contributed by atoms with Crippen LogP contribution in [0.3, 0.4) is 0 Å². The number of aromatic amines is 1. The number of aliphatic carboxylic acids is 1. The van der Waals surface area contributed by atoms with Gasteiger partial charge in [-0.05, 0) is 68.2 Å². The van der Waals surface area contributed by atoms with Crippen molar-refractivity contribution in [3.05, 3.63) is 59.4 Å². The van der Waals surface area contributed by atoms with Gasteiger partial charge in [-0.3, -0.25) is 14.9 Å². The molecule has 2 aromatic heterocycles. The Morgan fingerprint density at radius 3 is 2.95 bits per heavy atom. The second-order valence-corrected chi connectivity index (χ2v) is 10.5. The molecule has 1 fully saturated rings. The molecule has 5 N–H and O–H groups in total. The smallest absolute Gasteiger partial charge is 0.304 e. The SMILES string of the molecule is O=C(O)C[C@@H](CCc1c[nH]c2ccccc12)NC(O)CN1CC[C@@H](CCc2ccc3c(n2)NCCC3)C1=O. The van der Waals surface area contributed by atoms with Crippen LogP contribution in [0.25, 0.3) is 10.9 Å². The van der Waals surface area contributed by atoms with Crippen LogP contribution in [0.4, 0.5) is 5.82 Å². The Morgan fingerprint density at radius 2 is 2.08 bits per heavy atom. The van der Waals surface area contributed by atoms with Gasteiger partial charge in [0.25, 0.3) is 0 Å². The number of aliphatic hydroxyl groups is 1. The highest BCUT2D eigenvalue weighted by atomic mass is 16.4. The minimum Gasteiger partial charge on any atom is -0.481 e. The van der Waals surface area contributed by atoms with Crippen molar-refractivity contribution in [3.8, 4) is 0 Å². The molecule has 4 heterocycles. The molecule has 3 aromatic rings. The van der Waals surface area contributed by atoms with Gasteiger partial charge in [-0.1, -0.05) is 24.3 Å². The van der Waals surface area contributed by atoms with Crippen molar-refractivity contribution in [2.24, 2.45) is 5.92 Å². The number of amides is 1. The van der Waals surface area contributed by atoms with Gasteiger partial charge >= 0.3 is 5.97 Å². The Morgan fingerprint density at radius 1 is 1.21 bits per heavy atom. The molecule has 1 aromatic carbocycles.